The SMILES string of the molecule is NC(=O)c1cnc(N[C@@H]2CCCC(F)(F)[C@@H]2N)nc1Nc1ccccc1. The van der Waals surface area contributed by atoms with E-state index in [4.69, 9.17) is 11.5 Å². The summed E-state index contributed by atoms with van der Waals surface area (Å²) in [4.78, 5) is 19.9. The molecule has 1 amide bonds. The Balaban J connectivity index is 1.84. The fraction of sp³-hybridized carbons (Fsp3) is 0.353. The van der Waals surface area contributed by atoms with Crippen LogP contribution in [0.25, 0.3) is 0 Å². The monoisotopic (exact) mass is 362 g/mol. The first kappa shape index (κ1) is 18.0. The molecule has 1 aliphatic carbocycles. The number of nitrogens with zero attached hydrogens (tertiary/aromatic N) is 2. The lowest BCUT2D eigenvalue weighted by Crippen LogP contribution is -2.55. The van der Waals surface area contributed by atoms with E-state index in [0.717, 1.165) is 0 Å². The summed E-state index contributed by atoms with van der Waals surface area (Å²) in [6.45, 7) is 0. The molecular formula is C17H20F2N6O. The number of alkyl halides is 2. The van der Waals surface area contributed by atoms with Crippen molar-refractivity contribution in [2.75, 3.05) is 10.6 Å². The van der Waals surface area contributed by atoms with E-state index in [-0.39, 0.29) is 23.8 Å². The third-order valence-electron chi connectivity index (χ3n) is 4.35. The number of rotatable bonds is 5. The maximum absolute atomic E-state index is 13.8. The average Bonchev–Trinajstić information content (AvgIpc) is 2.60. The maximum Gasteiger partial charge on any atom is 0.264 e. The summed E-state index contributed by atoms with van der Waals surface area (Å²) in [5.74, 6) is -3.34. The third-order valence-corrected chi connectivity index (χ3v) is 4.35. The Hall–Kier alpha value is -2.81. The first-order valence-electron chi connectivity index (χ1n) is 8.25. The van der Waals surface area contributed by atoms with Gasteiger partial charge in [0.2, 0.25) is 5.95 Å². The van der Waals surface area contributed by atoms with Crippen molar-refractivity contribution < 1.29 is 13.6 Å². The highest BCUT2D eigenvalue weighted by atomic mass is 19.3. The van der Waals surface area contributed by atoms with Crippen molar-refractivity contribution in [3.05, 3.63) is 42.1 Å². The molecule has 0 unspecified atom stereocenters. The number of anilines is 3. The van der Waals surface area contributed by atoms with Gasteiger partial charge in [0.05, 0.1) is 12.1 Å². The molecule has 3 rings (SSSR count). The van der Waals surface area contributed by atoms with Gasteiger partial charge in [0, 0.05) is 18.3 Å². The molecule has 1 heterocycles. The van der Waals surface area contributed by atoms with Gasteiger partial charge in [-0.15, -0.1) is 0 Å². The number of amides is 1. The molecule has 0 saturated heterocycles. The van der Waals surface area contributed by atoms with Crippen LogP contribution in [0.5, 0.6) is 0 Å². The van der Waals surface area contributed by atoms with Crippen molar-refractivity contribution in [1.82, 2.24) is 9.97 Å². The van der Waals surface area contributed by atoms with E-state index >= 15 is 0 Å². The van der Waals surface area contributed by atoms with Gasteiger partial charge in [-0.1, -0.05) is 18.2 Å². The molecule has 9 heteroatoms. The normalized spacial score (nSPS) is 21.8. The predicted octanol–water partition coefficient (Wildman–Crippen LogP) is 2.25. The topological polar surface area (TPSA) is 119 Å². The lowest BCUT2D eigenvalue weighted by atomic mass is 9.87. The summed E-state index contributed by atoms with van der Waals surface area (Å²) in [5.41, 5.74) is 11.8. The van der Waals surface area contributed by atoms with E-state index in [1.165, 1.54) is 6.20 Å². The second kappa shape index (κ2) is 7.20. The highest BCUT2D eigenvalue weighted by Gasteiger charge is 2.44. The highest BCUT2D eigenvalue weighted by Crippen LogP contribution is 2.33. The Morgan fingerprint density at radius 1 is 1.27 bits per heavy atom. The zero-order chi connectivity index (χ0) is 18.7. The number of benzene rings is 1. The van der Waals surface area contributed by atoms with Crippen LogP contribution in [0.15, 0.2) is 36.5 Å². The minimum atomic E-state index is -2.94. The van der Waals surface area contributed by atoms with Crippen molar-refractivity contribution in [2.24, 2.45) is 11.5 Å². The first-order valence-corrected chi connectivity index (χ1v) is 8.25. The molecule has 26 heavy (non-hydrogen) atoms. The molecular weight excluding hydrogens is 342 g/mol. The Morgan fingerprint density at radius 2 is 2.00 bits per heavy atom. The molecule has 2 atom stereocenters. The number of halogens is 2. The molecule has 1 saturated carbocycles. The lowest BCUT2D eigenvalue weighted by Gasteiger charge is -2.35. The fourth-order valence-corrected chi connectivity index (χ4v) is 2.91. The van der Waals surface area contributed by atoms with Crippen LogP contribution in [0.2, 0.25) is 0 Å². The number of aromatic nitrogens is 2. The summed E-state index contributed by atoms with van der Waals surface area (Å²) < 4.78 is 27.6. The van der Waals surface area contributed by atoms with Crippen molar-refractivity contribution in [3.63, 3.8) is 0 Å². The molecule has 2 aromatic rings. The van der Waals surface area contributed by atoms with Crippen molar-refractivity contribution in [1.29, 1.82) is 0 Å². The molecule has 6 N–H and O–H groups in total. The van der Waals surface area contributed by atoms with Crippen LogP contribution < -0.4 is 22.1 Å². The third kappa shape index (κ3) is 3.88. The van der Waals surface area contributed by atoms with Gasteiger partial charge in [-0.25, -0.2) is 13.8 Å². The summed E-state index contributed by atoms with van der Waals surface area (Å²) in [6, 6.07) is 7.06. The molecule has 1 aromatic heterocycles. The Bertz CT molecular complexity index is 786. The van der Waals surface area contributed by atoms with Crippen LogP contribution in [0, 0.1) is 0 Å². The van der Waals surface area contributed by atoms with Gasteiger partial charge in [0.15, 0.2) is 0 Å². The van der Waals surface area contributed by atoms with Crippen molar-refractivity contribution in [2.45, 2.75) is 37.3 Å². The van der Waals surface area contributed by atoms with Gasteiger partial charge < -0.3 is 22.1 Å². The summed E-state index contributed by atoms with van der Waals surface area (Å²) in [5, 5.41) is 5.85. The fourth-order valence-electron chi connectivity index (χ4n) is 2.91. The van der Waals surface area contributed by atoms with Crippen LogP contribution in [-0.2, 0) is 0 Å². The number of primary amides is 1. The second-order valence-electron chi connectivity index (χ2n) is 6.24. The van der Waals surface area contributed by atoms with Crippen LogP contribution in [0.4, 0.5) is 26.2 Å². The lowest BCUT2D eigenvalue weighted by molar-refractivity contribution is -0.0555. The van der Waals surface area contributed by atoms with Crippen LogP contribution in [0.1, 0.15) is 29.6 Å². The Labute approximate surface area is 149 Å². The molecule has 0 bridgehead atoms. The number of para-hydroxylation sites is 1. The zero-order valence-electron chi connectivity index (χ0n) is 14.0. The summed E-state index contributed by atoms with van der Waals surface area (Å²) in [7, 11) is 0. The smallest absolute Gasteiger partial charge is 0.264 e. The number of carbonyl (C=O) groups excluding carboxylic acids is 1. The minimum absolute atomic E-state index is 0.0951. The molecule has 7 nitrogen and oxygen atoms in total. The van der Waals surface area contributed by atoms with Crippen LogP contribution >= 0.6 is 0 Å². The number of hydrogen-bond donors (Lipinski definition) is 4. The number of hydrogen-bond acceptors (Lipinski definition) is 6. The molecule has 1 fully saturated rings. The van der Waals surface area contributed by atoms with E-state index < -0.39 is 23.9 Å². The number of carbonyl (C=O) groups is 1. The van der Waals surface area contributed by atoms with Gasteiger partial charge in [-0.05, 0) is 25.0 Å². The zero-order valence-corrected chi connectivity index (χ0v) is 14.0. The quantitative estimate of drug-likeness (QED) is 0.648. The number of nitrogens with one attached hydrogen (secondary N) is 2. The van der Waals surface area contributed by atoms with E-state index in [2.05, 4.69) is 20.6 Å². The second-order valence-corrected chi connectivity index (χ2v) is 6.24. The van der Waals surface area contributed by atoms with Gasteiger partial charge in [-0.2, -0.15) is 4.98 Å². The largest absolute Gasteiger partial charge is 0.365 e. The van der Waals surface area contributed by atoms with Crippen molar-refractivity contribution >= 4 is 23.4 Å². The standard InChI is InChI=1S/C17H20F2N6O/c18-17(19)8-4-7-12(13(17)20)24-16-22-9-11(14(21)26)15(25-16)23-10-5-2-1-3-6-10/h1-3,5-6,9,12-13H,4,7-8,20H2,(H2,21,26)(H2,22,23,24,25)/t12-,13-/m1/s1. The van der Waals surface area contributed by atoms with Crippen molar-refractivity contribution in [3.8, 4) is 0 Å². The Morgan fingerprint density at radius 3 is 2.69 bits per heavy atom. The van der Waals surface area contributed by atoms with E-state index in [0.29, 0.717) is 18.5 Å². The molecule has 0 aliphatic heterocycles. The average molecular weight is 362 g/mol. The van der Waals surface area contributed by atoms with Gasteiger partial charge in [0.1, 0.15) is 11.4 Å². The highest BCUT2D eigenvalue weighted by molar-refractivity contribution is 5.98. The summed E-state index contributed by atoms with van der Waals surface area (Å²) in [6.07, 6.45) is 1.87. The predicted molar refractivity (Wildman–Crippen MR) is 94.5 cm³/mol. The minimum Gasteiger partial charge on any atom is -0.365 e. The summed E-state index contributed by atoms with van der Waals surface area (Å²) >= 11 is 0. The molecule has 1 aromatic carbocycles. The van der Waals surface area contributed by atoms with Gasteiger partial charge in [0.25, 0.3) is 11.8 Å². The molecule has 1 aliphatic rings. The van der Waals surface area contributed by atoms with Gasteiger partial charge in [-0.3, -0.25) is 4.79 Å². The Kier molecular flexibility index (Phi) is 4.99. The molecule has 0 spiro atoms. The van der Waals surface area contributed by atoms with E-state index in [1.807, 2.05) is 18.2 Å². The van der Waals surface area contributed by atoms with Crippen LogP contribution in [0.3, 0.4) is 0 Å². The maximum atomic E-state index is 13.8. The van der Waals surface area contributed by atoms with E-state index in [1.54, 1.807) is 12.1 Å². The first-order chi connectivity index (χ1) is 12.4. The number of nitrogens with two attached hydrogens (primary N) is 2. The van der Waals surface area contributed by atoms with Gasteiger partial charge >= 0.3 is 0 Å². The van der Waals surface area contributed by atoms with Crippen LogP contribution in [-0.4, -0.2) is 33.9 Å². The van der Waals surface area contributed by atoms with E-state index in [9.17, 15) is 13.6 Å². The molecule has 138 valence electrons. The molecule has 0 radical (unpaired) electrons.